The normalized spacial score (nSPS) is 12.7. The van der Waals surface area contributed by atoms with Gasteiger partial charge < -0.3 is 10.2 Å². The van der Waals surface area contributed by atoms with E-state index in [1.165, 1.54) is 0 Å². The first-order chi connectivity index (χ1) is 6.77. The Morgan fingerprint density at radius 3 is 2.64 bits per heavy atom. The van der Waals surface area contributed by atoms with E-state index in [9.17, 15) is 0 Å². The maximum Gasteiger partial charge on any atom is 0.211 e. The third kappa shape index (κ3) is 1.65. The topological polar surface area (TPSA) is 64.9 Å². The van der Waals surface area contributed by atoms with Crippen molar-refractivity contribution in [2.24, 2.45) is 5.73 Å². The molecule has 0 aliphatic carbocycles. The van der Waals surface area contributed by atoms with Crippen LogP contribution >= 0.6 is 0 Å². The van der Waals surface area contributed by atoms with Crippen molar-refractivity contribution in [2.45, 2.75) is 13.0 Å². The van der Waals surface area contributed by atoms with Crippen LogP contribution in [0.2, 0.25) is 0 Å². The van der Waals surface area contributed by atoms with E-state index in [2.05, 4.69) is 9.97 Å². The van der Waals surface area contributed by atoms with Crippen LogP contribution < -0.4 is 5.73 Å². The first-order valence-electron chi connectivity index (χ1n) is 4.39. The second-order valence-electron chi connectivity index (χ2n) is 3.09. The molecule has 0 aliphatic rings. The molecule has 0 aromatic carbocycles. The van der Waals surface area contributed by atoms with Crippen LogP contribution in [0, 0.1) is 0 Å². The molecule has 0 aliphatic heterocycles. The van der Waals surface area contributed by atoms with Crippen molar-refractivity contribution >= 4 is 0 Å². The van der Waals surface area contributed by atoms with E-state index in [0.717, 1.165) is 11.3 Å². The molecule has 0 saturated heterocycles. The van der Waals surface area contributed by atoms with E-state index in [1.54, 1.807) is 18.6 Å². The van der Waals surface area contributed by atoms with Crippen molar-refractivity contribution in [3.8, 4) is 11.3 Å². The van der Waals surface area contributed by atoms with E-state index in [1.807, 2.05) is 19.1 Å². The molecule has 2 heterocycles. The van der Waals surface area contributed by atoms with Crippen LogP contribution in [-0.2, 0) is 0 Å². The number of hydrogen-bond donors (Lipinski definition) is 1. The summed E-state index contributed by atoms with van der Waals surface area (Å²) in [6, 6.07) is 3.56. The lowest BCUT2D eigenvalue weighted by atomic mass is 10.2. The van der Waals surface area contributed by atoms with Crippen LogP contribution in [-0.4, -0.2) is 9.97 Å². The van der Waals surface area contributed by atoms with Crippen LogP contribution in [0.4, 0.5) is 0 Å². The fraction of sp³-hybridized carbons (Fsp3) is 0.200. The minimum atomic E-state index is -0.175. The molecule has 2 rings (SSSR count). The molecular formula is C10H11N3O. The molecule has 0 fully saturated rings. The van der Waals surface area contributed by atoms with E-state index in [0.29, 0.717) is 5.89 Å². The van der Waals surface area contributed by atoms with Crippen molar-refractivity contribution < 1.29 is 4.42 Å². The summed E-state index contributed by atoms with van der Waals surface area (Å²) in [5.74, 6) is 1.27. The van der Waals surface area contributed by atoms with Crippen LogP contribution in [0.5, 0.6) is 0 Å². The lowest BCUT2D eigenvalue weighted by Gasteiger charge is -1.97. The Bertz CT molecular complexity index is 408. The Balaban J connectivity index is 2.34. The monoisotopic (exact) mass is 189 g/mol. The summed E-state index contributed by atoms with van der Waals surface area (Å²) in [5, 5.41) is 0. The van der Waals surface area contributed by atoms with Crippen LogP contribution in [0.15, 0.2) is 35.1 Å². The number of oxazole rings is 1. The Morgan fingerprint density at radius 2 is 2.07 bits per heavy atom. The average molecular weight is 189 g/mol. The molecule has 72 valence electrons. The summed E-state index contributed by atoms with van der Waals surface area (Å²) in [7, 11) is 0. The lowest BCUT2D eigenvalue weighted by Crippen LogP contribution is -2.04. The highest BCUT2D eigenvalue weighted by molar-refractivity contribution is 5.54. The standard InChI is InChI=1S/C10H11N3O/c1-7(11)10-13-6-9(14-10)8-2-4-12-5-3-8/h2-7H,11H2,1H3. The maximum atomic E-state index is 5.64. The fourth-order valence-electron chi connectivity index (χ4n) is 1.15. The molecule has 2 aromatic heterocycles. The Kier molecular flexibility index (Phi) is 2.28. The molecule has 14 heavy (non-hydrogen) atoms. The van der Waals surface area contributed by atoms with E-state index < -0.39 is 0 Å². The Labute approximate surface area is 81.8 Å². The van der Waals surface area contributed by atoms with Gasteiger partial charge in [0.2, 0.25) is 5.89 Å². The molecule has 0 radical (unpaired) electrons. The SMILES string of the molecule is CC(N)c1ncc(-c2ccncc2)o1. The van der Waals surface area contributed by atoms with E-state index in [-0.39, 0.29) is 6.04 Å². The first kappa shape index (κ1) is 8.90. The van der Waals surface area contributed by atoms with E-state index >= 15 is 0 Å². The van der Waals surface area contributed by atoms with Gasteiger partial charge in [0.05, 0.1) is 12.2 Å². The number of pyridine rings is 1. The highest BCUT2D eigenvalue weighted by Gasteiger charge is 2.08. The number of aromatic nitrogens is 2. The van der Waals surface area contributed by atoms with Gasteiger partial charge in [-0.05, 0) is 19.1 Å². The zero-order chi connectivity index (χ0) is 9.97. The second kappa shape index (κ2) is 3.59. The van der Waals surface area contributed by atoms with Crippen LogP contribution in [0.25, 0.3) is 11.3 Å². The highest BCUT2D eigenvalue weighted by Crippen LogP contribution is 2.21. The number of rotatable bonds is 2. The molecule has 2 aromatic rings. The largest absolute Gasteiger partial charge is 0.439 e. The van der Waals surface area contributed by atoms with Crippen molar-refractivity contribution in [1.82, 2.24) is 9.97 Å². The molecule has 1 unspecified atom stereocenters. The molecule has 0 amide bonds. The smallest absolute Gasteiger partial charge is 0.211 e. The third-order valence-corrected chi connectivity index (χ3v) is 1.88. The number of nitrogens with zero attached hydrogens (tertiary/aromatic N) is 2. The predicted molar refractivity (Wildman–Crippen MR) is 52.3 cm³/mol. The average Bonchev–Trinajstić information content (AvgIpc) is 2.68. The molecule has 0 bridgehead atoms. The highest BCUT2D eigenvalue weighted by atomic mass is 16.4. The van der Waals surface area contributed by atoms with Gasteiger partial charge in [0.1, 0.15) is 0 Å². The zero-order valence-corrected chi connectivity index (χ0v) is 7.84. The second-order valence-corrected chi connectivity index (χ2v) is 3.09. The van der Waals surface area contributed by atoms with Crippen LogP contribution in [0.1, 0.15) is 18.9 Å². The molecule has 4 nitrogen and oxygen atoms in total. The molecule has 2 N–H and O–H groups in total. The summed E-state index contributed by atoms with van der Waals surface area (Å²) < 4.78 is 5.47. The van der Waals surface area contributed by atoms with Crippen LogP contribution in [0.3, 0.4) is 0 Å². The van der Waals surface area contributed by atoms with Gasteiger partial charge in [0, 0.05) is 18.0 Å². The minimum absolute atomic E-state index is 0.175. The van der Waals surface area contributed by atoms with Crippen molar-refractivity contribution in [1.29, 1.82) is 0 Å². The Morgan fingerprint density at radius 1 is 1.36 bits per heavy atom. The molecule has 1 atom stereocenters. The van der Waals surface area contributed by atoms with Crippen molar-refractivity contribution in [3.63, 3.8) is 0 Å². The quantitative estimate of drug-likeness (QED) is 0.781. The van der Waals surface area contributed by atoms with Gasteiger partial charge in [-0.3, -0.25) is 4.98 Å². The summed E-state index contributed by atoms with van der Waals surface area (Å²) in [6.45, 7) is 1.84. The number of nitrogens with two attached hydrogens (primary N) is 1. The summed E-state index contributed by atoms with van der Waals surface area (Å²) in [4.78, 5) is 8.01. The maximum absolute atomic E-state index is 5.64. The van der Waals surface area contributed by atoms with Gasteiger partial charge in [-0.1, -0.05) is 0 Å². The van der Waals surface area contributed by atoms with Gasteiger partial charge in [-0.25, -0.2) is 4.98 Å². The summed E-state index contributed by atoms with van der Waals surface area (Å²) in [5.41, 5.74) is 6.59. The van der Waals surface area contributed by atoms with Gasteiger partial charge >= 0.3 is 0 Å². The van der Waals surface area contributed by atoms with Gasteiger partial charge in [0.25, 0.3) is 0 Å². The lowest BCUT2D eigenvalue weighted by molar-refractivity contribution is 0.473. The summed E-state index contributed by atoms with van der Waals surface area (Å²) >= 11 is 0. The zero-order valence-electron chi connectivity index (χ0n) is 7.84. The molecule has 0 saturated carbocycles. The van der Waals surface area contributed by atoms with Crippen molar-refractivity contribution in [3.05, 3.63) is 36.6 Å². The summed E-state index contributed by atoms with van der Waals surface area (Å²) in [6.07, 6.45) is 5.10. The predicted octanol–water partition coefficient (Wildman–Crippen LogP) is 1.76. The fourth-order valence-corrected chi connectivity index (χ4v) is 1.15. The third-order valence-electron chi connectivity index (χ3n) is 1.88. The van der Waals surface area contributed by atoms with Gasteiger partial charge in [0.15, 0.2) is 5.76 Å². The minimum Gasteiger partial charge on any atom is -0.439 e. The van der Waals surface area contributed by atoms with E-state index in [4.69, 9.17) is 10.2 Å². The van der Waals surface area contributed by atoms with Gasteiger partial charge in [-0.2, -0.15) is 0 Å². The first-order valence-corrected chi connectivity index (χ1v) is 4.39. The molecule has 0 spiro atoms. The van der Waals surface area contributed by atoms with Crippen molar-refractivity contribution in [2.75, 3.05) is 0 Å². The molecular weight excluding hydrogens is 178 g/mol. The Hall–Kier alpha value is -1.68. The van der Waals surface area contributed by atoms with Gasteiger partial charge in [-0.15, -0.1) is 0 Å². The number of hydrogen-bond acceptors (Lipinski definition) is 4. The molecule has 4 heteroatoms.